The number of rotatable bonds is 10. The predicted octanol–water partition coefficient (Wildman–Crippen LogP) is 13.1. The number of allylic oxidation sites excluding steroid dienone is 4. The highest BCUT2D eigenvalue weighted by atomic mass is 15.1. The van der Waals surface area contributed by atoms with Crippen molar-refractivity contribution < 1.29 is 0 Å². The molecular weight excluding hydrogens is 556 g/mol. The maximum absolute atomic E-state index is 3.83. The highest BCUT2D eigenvalue weighted by molar-refractivity contribution is 6.04. The lowest BCUT2D eigenvalue weighted by molar-refractivity contribution is 0.866. The fourth-order valence-electron chi connectivity index (χ4n) is 5.55. The Morgan fingerprint density at radius 1 is 0.457 bits per heavy atom. The molecule has 0 atom stereocenters. The average Bonchev–Trinajstić information content (AvgIpc) is 3.09. The van der Waals surface area contributed by atoms with E-state index in [-0.39, 0.29) is 0 Å². The molecule has 230 valence electrons. The third-order valence-corrected chi connectivity index (χ3v) is 8.08. The van der Waals surface area contributed by atoms with Crippen LogP contribution in [0.2, 0.25) is 0 Å². The Labute approximate surface area is 275 Å². The minimum Gasteiger partial charge on any atom is -0.317 e. The summed E-state index contributed by atoms with van der Waals surface area (Å²) in [7, 11) is 0. The quantitative estimate of drug-likeness (QED) is 0.147. The van der Waals surface area contributed by atoms with Gasteiger partial charge < -0.3 is 9.80 Å². The first-order valence-electron chi connectivity index (χ1n) is 16.1. The van der Waals surface area contributed by atoms with Crippen molar-refractivity contribution in [2.75, 3.05) is 9.80 Å². The number of para-hydroxylation sites is 1. The van der Waals surface area contributed by atoms with Crippen LogP contribution in [0.15, 0.2) is 177 Å². The van der Waals surface area contributed by atoms with Gasteiger partial charge in [-0.15, -0.1) is 0 Å². The summed E-state index contributed by atoms with van der Waals surface area (Å²) in [6, 6.07) is 50.1. The van der Waals surface area contributed by atoms with Crippen LogP contribution in [0.1, 0.15) is 50.7 Å². The van der Waals surface area contributed by atoms with Gasteiger partial charge in [-0.25, -0.2) is 0 Å². The van der Waals surface area contributed by atoms with Crippen molar-refractivity contribution in [3.05, 3.63) is 188 Å². The maximum atomic E-state index is 3.83. The zero-order chi connectivity index (χ0) is 32.3. The van der Waals surface area contributed by atoms with Crippen LogP contribution in [0.4, 0.5) is 28.4 Å². The Bertz CT molecular complexity index is 1790. The molecule has 5 rings (SSSR count). The second kappa shape index (κ2) is 15.6. The first-order chi connectivity index (χ1) is 22.5. The number of hydrogen-bond donors (Lipinski definition) is 0. The van der Waals surface area contributed by atoms with Crippen LogP contribution in [0.25, 0.3) is 10.8 Å². The summed E-state index contributed by atoms with van der Waals surface area (Å²) in [4.78, 5) is 4.63. The van der Waals surface area contributed by atoms with Gasteiger partial charge >= 0.3 is 0 Å². The van der Waals surface area contributed by atoms with Crippen molar-refractivity contribution in [2.45, 2.75) is 39.5 Å². The molecule has 2 heteroatoms. The van der Waals surface area contributed by atoms with Gasteiger partial charge in [0.1, 0.15) is 0 Å². The summed E-state index contributed by atoms with van der Waals surface area (Å²) in [5.41, 5.74) is 8.10. The second-order valence-electron chi connectivity index (χ2n) is 11.9. The molecule has 0 unspecified atom stereocenters. The van der Waals surface area contributed by atoms with E-state index in [9.17, 15) is 0 Å². The number of fused-ring (bicyclic) bond motifs is 1. The zero-order valence-corrected chi connectivity index (χ0v) is 27.4. The topological polar surface area (TPSA) is 6.48 Å². The Morgan fingerprint density at radius 3 is 1.43 bits per heavy atom. The van der Waals surface area contributed by atoms with Gasteiger partial charge in [0, 0.05) is 34.0 Å². The van der Waals surface area contributed by atoms with Crippen molar-refractivity contribution in [2.24, 2.45) is 0 Å². The van der Waals surface area contributed by atoms with E-state index < -0.39 is 0 Å². The number of benzene rings is 4. The molecule has 2 nitrogen and oxygen atoms in total. The molecule has 0 saturated carbocycles. The lowest BCUT2D eigenvalue weighted by Gasteiger charge is -2.28. The number of nitrogens with zero attached hydrogens (tertiary/aromatic N) is 2. The van der Waals surface area contributed by atoms with E-state index in [2.05, 4.69) is 196 Å². The normalized spacial score (nSPS) is 11.3. The summed E-state index contributed by atoms with van der Waals surface area (Å²) in [5, 5.41) is 2.25. The van der Waals surface area contributed by atoms with Gasteiger partial charge in [0.25, 0.3) is 0 Å². The third-order valence-electron chi connectivity index (χ3n) is 8.08. The van der Waals surface area contributed by atoms with Gasteiger partial charge in [-0.3, -0.25) is 0 Å². The molecule has 46 heavy (non-hydrogen) atoms. The van der Waals surface area contributed by atoms with Gasteiger partial charge in [0.2, 0.25) is 0 Å². The lowest BCUT2D eigenvalue weighted by atomic mass is 10.0. The van der Waals surface area contributed by atoms with E-state index in [1.807, 2.05) is 12.2 Å². The summed E-state index contributed by atoms with van der Waals surface area (Å²) < 4.78 is 0. The van der Waals surface area contributed by atoms with Gasteiger partial charge in [-0.2, -0.15) is 0 Å². The van der Waals surface area contributed by atoms with E-state index >= 15 is 0 Å². The van der Waals surface area contributed by atoms with Crippen LogP contribution in [-0.4, -0.2) is 0 Å². The van der Waals surface area contributed by atoms with Gasteiger partial charge in [-0.1, -0.05) is 143 Å². The molecule has 0 bridgehead atoms. The first-order valence-corrected chi connectivity index (χ1v) is 16.1. The summed E-state index contributed by atoms with van der Waals surface area (Å²) in [5.74, 6) is 0.921. The van der Waals surface area contributed by atoms with Crippen molar-refractivity contribution in [1.29, 1.82) is 0 Å². The van der Waals surface area contributed by atoms with E-state index in [4.69, 9.17) is 0 Å². The molecule has 0 aliphatic rings. The van der Waals surface area contributed by atoms with E-state index in [0.717, 1.165) is 39.2 Å². The van der Waals surface area contributed by atoms with E-state index in [1.54, 1.807) is 6.08 Å². The first kappa shape index (κ1) is 32.1. The standard InChI is InChI=1S/C44H44N2/c1-6-7-8-18-33-45(38-19-12-11-13-20-38)43-23-14-9-10-15-24-44(42-22-17-16-21-41(42)43)46(39-29-25-36(26-30-39)34(2)3)40-31-27-37(28-32-40)35(4)5/h6-35H,1H2,2-5H3/b8-7-,10-9?,14-9?,15-10?,23-14?,24-15?,33-18+,43-23?,43-41?,44-24?,44-42?. The molecule has 0 aliphatic carbocycles. The summed E-state index contributed by atoms with van der Waals surface area (Å²) >= 11 is 0. The monoisotopic (exact) mass is 600 g/mol. The molecule has 0 amide bonds. The molecule has 0 heterocycles. The highest BCUT2D eigenvalue weighted by Gasteiger charge is 2.17. The summed E-state index contributed by atoms with van der Waals surface area (Å²) in [6.45, 7) is 12.8. The molecule has 0 radical (unpaired) electrons. The molecular formula is C44H44N2. The van der Waals surface area contributed by atoms with Crippen molar-refractivity contribution in [3.63, 3.8) is 0 Å². The molecule has 0 fully saturated rings. The van der Waals surface area contributed by atoms with Crippen LogP contribution in [0.3, 0.4) is 0 Å². The van der Waals surface area contributed by atoms with Gasteiger partial charge in [0.15, 0.2) is 0 Å². The van der Waals surface area contributed by atoms with Crippen molar-refractivity contribution in [1.82, 2.24) is 0 Å². The molecule has 0 aromatic heterocycles. The minimum absolute atomic E-state index is 0.460. The minimum atomic E-state index is 0.460. The molecule has 0 N–H and O–H groups in total. The molecule has 5 aromatic rings. The highest BCUT2D eigenvalue weighted by Crippen LogP contribution is 2.41. The predicted molar refractivity (Wildman–Crippen MR) is 201 cm³/mol. The Kier molecular flexibility index (Phi) is 10.9. The van der Waals surface area contributed by atoms with Crippen LogP contribution >= 0.6 is 0 Å². The van der Waals surface area contributed by atoms with Crippen LogP contribution in [0, 0.1) is 0 Å². The van der Waals surface area contributed by atoms with E-state index in [1.165, 1.54) is 11.1 Å². The van der Waals surface area contributed by atoms with Crippen LogP contribution < -0.4 is 9.80 Å². The molecule has 0 saturated heterocycles. The summed E-state index contributed by atoms with van der Waals surface area (Å²) in [6.07, 6.45) is 9.90. The Morgan fingerprint density at radius 2 is 0.913 bits per heavy atom. The van der Waals surface area contributed by atoms with Crippen LogP contribution in [-0.2, 0) is 0 Å². The van der Waals surface area contributed by atoms with Crippen molar-refractivity contribution in [3.8, 4) is 0 Å². The Hall–Kier alpha value is -5.34. The smallest absolute Gasteiger partial charge is 0.0540 e. The SMILES string of the molecule is C=C/C=C\C=C\N(c1ccccc1)c1ccccccc(N(c2ccc(C(C)C)cc2)c2ccc(C(C)C)cc2)c2ccccc12. The molecule has 0 aliphatic heterocycles. The Balaban J connectivity index is 1.84. The second-order valence-corrected chi connectivity index (χ2v) is 11.9. The average molecular weight is 601 g/mol. The zero-order valence-electron chi connectivity index (χ0n) is 27.4. The van der Waals surface area contributed by atoms with Crippen molar-refractivity contribution >= 4 is 39.2 Å². The lowest BCUT2D eigenvalue weighted by Crippen LogP contribution is -2.11. The molecule has 5 aromatic carbocycles. The number of anilines is 5. The van der Waals surface area contributed by atoms with E-state index in [0.29, 0.717) is 11.8 Å². The fraction of sp³-hybridized carbons (Fsp3) is 0.136. The third kappa shape index (κ3) is 7.65. The van der Waals surface area contributed by atoms with Gasteiger partial charge in [0.05, 0.1) is 11.4 Å². The van der Waals surface area contributed by atoms with Crippen LogP contribution in [0.5, 0.6) is 0 Å². The largest absolute Gasteiger partial charge is 0.317 e. The molecule has 0 spiro atoms. The maximum Gasteiger partial charge on any atom is 0.0540 e. The fourth-order valence-corrected chi connectivity index (χ4v) is 5.55. The van der Waals surface area contributed by atoms with Gasteiger partial charge in [-0.05, 0) is 77.6 Å². The number of hydrogen-bond acceptors (Lipinski definition) is 2.